The van der Waals surface area contributed by atoms with Crippen molar-refractivity contribution in [3.05, 3.63) is 54.1 Å². The van der Waals surface area contributed by atoms with Gasteiger partial charge < -0.3 is 20.5 Å². The van der Waals surface area contributed by atoms with E-state index in [2.05, 4.69) is 24.4 Å². The molecule has 0 aliphatic carbocycles. The number of amides is 1. The summed E-state index contributed by atoms with van der Waals surface area (Å²) >= 11 is 0. The number of rotatable bonds is 7. The highest BCUT2D eigenvalue weighted by atomic mass is 16.5. The second-order valence-corrected chi connectivity index (χ2v) is 4.90. The van der Waals surface area contributed by atoms with Crippen LogP contribution in [-0.2, 0) is 4.79 Å². The molecular weight excluding hydrogens is 280 g/mol. The molecule has 1 atom stereocenters. The number of carbonyl (C=O) groups excluding carboxylic acids is 1. The molecule has 0 spiro atoms. The molecule has 0 heterocycles. The molecule has 0 aromatic heterocycles. The van der Waals surface area contributed by atoms with Crippen LogP contribution in [0.5, 0.6) is 11.5 Å². The summed E-state index contributed by atoms with van der Waals surface area (Å²) in [6.07, 6.45) is 0. The van der Waals surface area contributed by atoms with Crippen LogP contribution in [0.1, 0.15) is 18.5 Å². The van der Waals surface area contributed by atoms with Crippen molar-refractivity contribution in [1.82, 2.24) is 0 Å². The summed E-state index contributed by atoms with van der Waals surface area (Å²) in [6.45, 7) is 1.89. The standard InChI is InChI=1S/C17H20N2O3/c1-12(13-6-4-3-5-7-13)19-14-8-9-15(21-2)16(10-14)22-11-17(18)20/h3-10,12,19H,11H2,1-2H3,(H2,18,20)/t12-/m0/s1. The summed E-state index contributed by atoms with van der Waals surface area (Å²) in [5.74, 6) is 0.504. The molecule has 0 unspecified atom stereocenters. The highest BCUT2D eigenvalue weighted by Crippen LogP contribution is 2.31. The number of anilines is 1. The van der Waals surface area contributed by atoms with Gasteiger partial charge in [-0.2, -0.15) is 0 Å². The van der Waals surface area contributed by atoms with Gasteiger partial charge in [0.15, 0.2) is 18.1 Å². The van der Waals surface area contributed by atoms with Gasteiger partial charge in [-0.3, -0.25) is 4.79 Å². The van der Waals surface area contributed by atoms with Gasteiger partial charge >= 0.3 is 0 Å². The van der Waals surface area contributed by atoms with Crippen LogP contribution < -0.4 is 20.5 Å². The first-order valence-corrected chi connectivity index (χ1v) is 7.00. The van der Waals surface area contributed by atoms with Crippen LogP contribution in [0.2, 0.25) is 0 Å². The predicted molar refractivity (Wildman–Crippen MR) is 86.2 cm³/mol. The molecule has 0 saturated heterocycles. The Morgan fingerprint density at radius 2 is 1.91 bits per heavy atom. The minimum atomic E-state index is -0.530. The number of ether oxygens (including phenoxy) is 2. The van der Waals surface area contributed by atoms with Crippen LogP contribution in [0.4, 0.5) is 5.69 Å². The lowest BCUT2D eigenvalue weighted by atomic mass is 10.1. The molecule has 0 saturated carbocycles. The summed E-state index contributed by atoms with van der Waals surface area (Å²) in [7, 11) is 1.55. The third-order valence-corrected chi connectivity index (χ3v) is 3.22. The zero-order valence-electron chi connectivity index (χ0n) is 12.7. The third-order valence-electron chi connectivity index (χ3n) is 3.22. The SMILES string of the molecule is COc1ccc(N[C@@H](C)c2ccccc2)cc1OCC(N)=O. The van der Waals surface area contributed by atoms with E-state index in [0.29, 0.717) is 11.5 Å². The molecule has 0 bridgehead atoms. The zero-order chi connectivity index (χ0) is 15.9. The predicted octanol–water partition coefficient (Wildman–Crippen LogP) is 2.73. The van der Waals surface area contributed by atoms with Gasteiger partial charge in [0.2, 0.25) is 0 Å². The van der Waals surface area contributed by atoms with E-state index in [1.165, 1.54) is 5.56 Å². The van der Waals surface area contributed by atoms with Crippen LogP contribution in [0.3, 0.4) is 0 Å². The Bertz CT molecular complexity index is 629. The van der Waals surface area contributed by atoms with Crippen LogP contribution in [0.25, 0.3) is 0 Å². The number of primary amides is 1. The fourth-order valence-corrected chi connectivity index (χ4v) is 2.10. The van der Waals surface area contributed by atoms with Crippen LogP contribution in [0.15, 0.2) is 48.5 Å². The van der Waals surface area contributed by atoms with E-state index in [4.69, 9.17) is 15.2 Å². The van der Waals surface area contributed by atoms with Gasteiger partial charge in [-0.15, -0.1) is 0 Å². The quantitative estimate of drug-likeness (QED) is 0.824. The van der Waals surface area contributed by atoms with Gasteiger partial charge in [-0.1, -0.05) is 30.3 Å². The van der Waals surface area contributed by atoms with E-state index in [-0.39, 0.29) is 12.6 Å². The number of hydrogen-bond donors (Lipinski definition) is 2. The summed E-state index contributed by atoms with van der Waals surface area (Å²) in [5.41, 5.74) is 7.16. The summed E-state index contributed by atoms with van der Waals surface area (Å²) < 4.78 is 10.6. The summed E-state index contributed by atoms with van der Waals surface area (Å²) in [6, 6.07) is 15.7. The lowest BCUT2D eigenvalue weighted by molar-refractivity contribution is -0.119. The van der Waals surface area contributed by atoms with Gasteiger partial charge in [-0.25, -0.2) is 0 Å². The van der Waals surface area contributed by atoms with E-state index < -0.39 is 5.91 Å². The molecule has 5 nitrogen and oxygen atoms in total. The van der Waals surface area contributed by atoms with Crippen molar-refractivity contribution < 1.29 is 14.3 Å². The molecule has 22 heavy (non-hydrogen) atoms. The Morgan fingerprint density at radius 1 is 1.18 bits per heavy atom. The minimum absolute atomic E-state index is 0.138. The molecule has 116 valence electrons. The van der Waals surface area contributed by atoms with Crippen molar-refractivity contribution in [1.29, 1.82) is 0 Å². The first-order chi connectivity index (χ1) is 10.6. The molecule has 5 heteroatoms. The zero-order valence-corrected chi connectivity index (χ0v) is 12.7. The molecule has 1 amide bonds. The van der Waals surface area contributed by atoms with Gasteiger partial charge in [0.1, 0.15) is 0 Å². The molecule has 0 aliphatic rings. The fraction of sp³-hybridized carbons (Fsp3) is 0.235. The lowest BCUT2D eigenvalue weighted by Crippen LogP contribution is -2.20. The third kappa shape index (κ3) is 4.15. The van der Waals surface area contributed by atoms with Crippen molar-refractivity contribution >= 4 is 11.6 Å². The van der Waals surface area contributed by atoms with Crippen LogP contribution in [0, 0.1) is 0 Å². The summed E-state index contributed by atoms with van der Waals surface area (Å²) in [5, 5.41) is 3.39. The monoisotopic (exact) mass is 300 g/mol. The maximum absolute atomic E-state index is 10.9. The topological polar surface area (TPSA) is 73.6 Å². The van der Waals surface area contributed by atoms with Crippen LogP contribution >= 0.6 is 0 Å². The first kappa shape index (κ1) is 15.7. The Balaban J connectivity index is 2.14. The Morgan fingerprint density at radius 3 is 2.55 bits per heavy atom. The minimum Gasteiger partial charge on any atom is -0.493 e. The molecular formula is C17H20N2O3. The maximum atomic E-state index is 10.9. The van der Waals surface area contributed by atoms with Gasteiger partial charge in [0.05, 0.1) is 7.11 Å². The smallest absolute Gasteiger partial charge is 0.255 e. The van der Waals surface area contributed by atoms with E-state index in [0.717, 1.165) is 5.69 Å². The lowest BCUT2D eigenvalue weighted by Gasteiger charge is -2.17. The van der Waals surface area contributed by atoms with E-state index in [1.54, 1.807) is 19.2 Å². The van der Waals surface area contributed by atoms with E-state index >= 15 is 0 Å². The molecule has 2 rings (SSSR count). The molecule has 2 aromatic rings. The second kappa shape index (κ2) is 7.36. The van der Waals surface area contributed by atoms with Crippen molar-refractivity contribution in [3.8, 4) is 11.5 Å². The van der Waals surface area contributed by atoms with Gasteiger partial charge in [-0.05, 0) is 24.6 Å². The first-order valence-electron chi connectivity index (χ1n) is 7.00. The molecule has 2 aromatic carbocycles. The largest absolute Gasteiger partial charge is 0.493 e. The van der Waals surface area contributed by atoms with E-state index in [9.17, 15) is 4.79 Å². The highest BCUT2D eigenvalue weighted by molar-refractivity contribution is 5.75. The van der Waals surface area contributed by atoms with Crippen molar-refractivity contribution in [2.45, 2.75) is 13.0 Å². The number of nitrogens with two attached hydrogens (primary N) is 1. The Kier molecular flexibility index (Phi) is 5.25. The van der Waals surface area contributed by atoms with Crippen molar-refractivity contribution in [2.24, 2.45) is 5.73 Å². The number of methoxy groups -OCH3 is 1. The van der Waals surface area contributed by atoms with Crippen LogP contribution in [-0.4, -0.2) is 19.6 Å². The highest BCUT2D eigenvalue weighted by Gasteiger charge is 2.10. The number of carbonyl (C=O) groups is 1. The molecule has 0 fully saturated rings. The molecule has 3 N–H and O–H groups in total. The van der Waals surface area contributed by atoms with Gasteiger partial charge in [0.25, 0.3) is 5.91 Å². The normalized spacial score (nSPS) is 11.5. The average molecular weight is 300 g/mol. The molecule has 0 radical (unpaired) electrons. The Labute approximate surface area is 130 Å². The molecule has 0 aliphatic heterocycles. The number of nitrogens with one attached hydrogen (secondary N) is 1. The summed E-state index contributed by atoms with van der Waals surface area (Å²) in [4.78, 5) is 10.9. The average Bonchev–Trinajstić information content (AvgIpc) is 2.54. The number of hydrogen-bond acceptors (Lipinski definition) is 4. The second-order valence-electron chi connectivity index (χ2n) is 4.90. The van der Waals surface area contributed by atoms with E-state index in [1.807, 2.05) is 24.3 Å². The fourth-order valence-electron chi connectivity index (χ4n) is 2.10. The Hall–Kier alpha value is -2.69. The maximum Gasteiger partial charge on any atom is 0.255 e. The number of benzene rings is 2. The van der Waals surface area contributed by atoms with Crippen molar-refractivity contribution in [2.75, 3.05) is 19.0 Å². The van der Waals surface area contributed by atoms with Crippen molar-refractivity contribution in [3.63, 3.8) is 0 Å². The van der Waals surface area contributed by atoms with Gasteiger partial charge in [0, 0.05) is 17.8 Å².